The molecule has 2 heterocycles. The highest BCUT2D eigenvalue weighted by Gasteiger charge is 2.07. The zero-order valence-corrected chi connectivity index (χ0v) is 9.23. The molecule has 0 spiro atoms. The molecule has 7 heteroatoms. The summed E-state index contributed by atoms with van der Waals surface area (Å²) in [6.45, 7) is 0. The number of hydrogen-bond acceptors (Lipinski definition) is 4. The summed E-state index contributed by atoms with van der Waals surface area (Å²) in [6, 6.07) is 2.67. The number of amides is 1. The second kappa shape index (κ2) is 4.75. The van der Waals surface area contributed by atoms with Gasteiger partial charge in [0.25, 0.3) is 5.91 Å². The third kappa shape index (κ3) is 2.88. The molecule has 2 aromatic rings. The Morgan fingerprint density at radius 3 is 2.82 bits per heavy atom. The molecular weight excluding hydrogens is 244 g/mol. The van der Waals surface area contributed by atoms with Gasteiger partial charge in [0.2, 0.25) is 5.56 Å². The monoisotopic (exact) mass is 250 g/mol. The van der Waals surface area contributed by atoms with E-state index in [-0.39, 0.29) is 16.5 Å². The first-order valence-corrected chi connectivity index (χ1v) is 5.00. The Labute approximate surface area is 101 Å². The molecule has 86 valence electrons. The van der Waals surface area contributed by atoms with Gasteiger partial charge in [-0.2, -0.15) is 0 Å². The molecule has 0 bridgehead atoms. The van der Waals surface area contributed by atoms with Crippen LogP contribution in [0.25, 0.3) is 0 Å². The Kier molecular flexibility index (Phi) is 3.15. The van der Waals surface area contributed by atoms with Gasteiger partial charge in [-0.15, -0.1) is 0 Å². The summed E-state index contributed by atoms with van der Waals surface area (Å²) < 4.78 is 0. The van der Waals surface area contributed by atoms with Gasteiger partial charge in [-0.3, -0.25) is 14.6 Å². The van der Waals surface area contributed by atoms with E-state index in [0.29, 0.717) is 5.56 Å². The predicted molar refractivity (Wildman–Crippen MR) is 62.1 cm³/mol. The largest absolute Gasteiger partial charge is 0.328 e. The van der Waals surface area contributed by atoms with Crippen LogP contribution in [0.15, 0.2) is 35.5 Å². The molecule has 0 aromatic carbocycles. The van der Waals surface area contributed by atoms with Crippen LogP contribution in [0, 0.1) is 0 Å². The topological polar surface area (TPSA) is 87.7 Å². The van der Waals surface area contributed by atoms with E-state index in [1.165, 1.54) is 30.7 Å². The summed E-state index contributed by atoms with van der Waals surface area (Å²) in [4.78, 5) is 32.5. The lowest BCUT2D eigenvalue weighted by Crippen LogP contribution is -2.15. The van der Waals surface area contributed by atoms with Gasteiger partial charge in [-0.05, 0) is 6.07 Å². The normalized spacial score (nSPS) is 9.94. The molecule has 0 unspecified atom stereocenters. The van der Waals surface area contributed by atoms with E-state index in [1.807, 2.05) is 0 Å². The molecule has 17 heavy (non-hydrogen) atoms. The number of halogens is 1. The molecule has 0 aliphatic carbocycles. The summed E-state index contributed by atoms with van der Waals surface area (Å²) in [7, 11) is 0. The summed E-state index contributed by atoms with van der Waals surface area (Å²) in [5.74, 6) is -0.161. The average molecular weight is 251 g/mol. The van der Waals surface area contributed by atoms with E-state index in [4.69, 9.17) is 11.6 Å². The highest BCUT2D eigenvalue weighted by Crippen LogP contribution is 2.08. The third-order valence-electron chi connectivity index (χ3n) is 1.89. The van der Waals surface area contributed by atoms with E-state index in [2.05, 4.69) is 20.3 Å². The molecule has 0 aliphatic rings. The zero-order valence-electron chi connectivity index (χ0n) is 8.48. The second-order valence-electron chi connectivity index (χ2n) is 3.12. The third-order valence-corrected chi connectivity index (χ3v) is 2.08. The lowest BCUT2D eigenvalue weighted by molar-refractivity contribution is 0.102. The van der Waals surface area contributed by atoms with Gasteiger partial charge in [0.1, 0.15) is 5.15 Å². The van der Waals surface area contributed by atoms with Gasteiger partial charge in [0.15, 0.2) is 5.82 Å². The van der Waals surface area contributed by atoms with Gasteiger partial charge >= 0.3 is 0 Å². The minimum absolute atomic E-state index is 0.185. The Morgan fingerprint density at radius 2 is 2.18 bits per heavy atom. The first-order chi connectivity index (χ1) is 8.15. The van der Waals surface area contributed by atoms with Crippen LogP contribution < -0.4 is 10.9 Å². The van der Waals surface area contributed by atoms with Crippen molar-refractivity contribution >= 4 is 23.3 Å². The molecule has 2 aromatic heterocycles. The summed E-state index contributed by atoms with van der Waals surface area (Å²) in [5.41, 5.74) is 0.0375. The minimum Gasteiger partial charge on any atom is -0.328 e. The van der Waals surface area contributed by atoms with Crippen LogP contribution in [0.5, 0.6) is 0 Å². The number of carbonyl (C=O) groups is 1. The lowest BCUT2D eigenvalue weighted by Gasteiger charge is -2.03. The molecule has 1 amide bonds. The predicted octanol–water partition coefficient (Wildman–Crippen LogP) is 1.07. The van der Waals surface area contributed by atoms with Crippen molar-refractivity contribution in [3.8, 4) is 0 Å². The van der Waals surface area contributed by atoms with Crippen LogP contribution >= 0.6 is 11.6 Å². The van der Waals surface area contributed by atoms with Gasteiger partial charge in [-0.25, -0.2) is 4.98 Å². The number of pyridine rings is 1. The van der Waals surface area contributed by atoms with E-state index in [9.17, 15) is 9.59 Å². The van der Waals surface area contributed by atoms with Crippen molar-refractivity contribution in [1.82, 2.24) is 15.0 Å². The molecule has 0 radical (unpaired) electrons. The van der Waals surface area contributed by atoms with Crippen molar-refractivity contribution in [3.63, 3.8) is 0 Å². The molecule has 0 atom stereocenters. The number of carbonyl (C=O) groups excluding carboxylic acids is 1. The summed E-state index contributed by atoms with van der Waals surface area (Å²) >= 11 is 5.62. The molecule has 0 saturated carbocycles. The smallest absolute Gasteiger partial charge is 0.258 e. The number of H-pyrrole nitrogens is 1. The van der Waals surface area contributed by atoms with E-state index >= 15 is 0 Å². The number of aromatic amines is 1. The molecule has 6 nitrogen and oxygen atoms in total. The Morgan fingerprint density at radius 1 is 1.35 bits per heavy atom. The van der Waals surface area contributed by atoms with Crippen LogP contribution in [0.3, 0.4) is 0 Å². The van der Waals surface area contributed by atoms with Crippen molar-refractivity contribution in [2.24, 2.45) is 0 Å². The van der Waals surface area contributed by atoms with Crippen molar-refractivity contribution in [2.75, 3.05) is 5.32 Å². The van der Waals surface area contributed by atoms with Gasteiger partial charge in [-0.1, -0.05) is 11.6 Å². The van der Waals surface area contributed by atoms with Crippen LogP contribution in [-0.2, 0) is 0 Å². The average Bonchev–Trinajstić information content (AvgIpc) is 2.29. The summed E-state index contributed by atoms with van der Waals surface area (Å²) in [6.07, 6.45) is 4.04. The number of nitrogens with zero attached hydrogens (tertiary/aromatic N) is 2. The molecule has 2 rings (SSSR count). The van der Waals surface area contributed by atoms with Crippen LogP contribution in [-0.4, -0.2) is 20.9 Å². The first-order valence-electron chi connectivity index (χ1n) is 4.63. The van der Waals surface area contributed by atoms with Crippen LogP contribution in [0.1, 0.15) is 10.4 Å². The van der Waals surface area contributed by atoms with Crippen molar-refractivity contribution in [2.45, 2.75) is 0 Å². The maximum Gasteiger partial charge on any atom is 0.258 e. The summed E-state index contributed by atoms with van der Waals surface area (Å²) in [5, 5.41) is 2.68. The Balaban J connectivity index is 2.17. The van der Waals surface area contributed by atoms with Crippen molar-refractivity contribution in [3.05, 3.63) is 51.8 Å². The Bertz CT molecular complexity index is 591. The molecular formula is C10H7ClN4O2. The van der Waals surface area contributed by atoms with Crippen molar-refractivity contribution < 1.29 is 4.79 Å². The van der Waals surface area contributed by atoms with E-state index in [1.54, 1.807) is 0 Å². The van der Waals surface area contributed by atoms with Gasteiger partial charge in [0.05, 0.1) is 18.0 Å². The van der Waals surface area contributed by atoms with E-state index in [0.717, 1.165) is 0 Å². The maximum absolute atomic E-state index is 11.7. The fraction of sp³-hybridized carbons (Fsp3) is 0. The SMILES string of the molecule is O=C(Nc1cncc(Cl)n1)c1ccc(=O)[nH]c1. The number of anilines is 1. The lowest BCUT2D eigenvalue weighted by atomic mass is 10.3. The maximum atomic E-state index is 11.7. The minimum atomic E-state index is -0.405. The fourth-order valence-corrected chi connectivity index (χ4v) is 1.29. The van der Waals surface area contributed by atoms with Gasteiger partial charge in [0, 0.05) is 12.3 Å². The molecule has 0 saturated heterocycles. The first kappa shape index (κ1) is 11.3. The highest BCUT2D eigenvalue weighted by atomic mass is 35.5. The van der Waals surface area contributed by atoms with Crippen molar-refractivity contribution in [1.29, 1.82) is 0 Å². The Hall–Kier alpha value is -2.21. The quantitative estimate of drug-likeness (QED) is 0.835. The standard InChI is InChI=1S/C10H7ClN4O2/c11-7-4-12-5-8(14-7)15-10(17)6-1-2-9(16)13-3-6/h1-5H,(H,13,16)(H,14,15,17). The zero-order chi connectivity index (χ0) is 12.3. The van der Waals surface area contributed by atoms with Crippen LogP contribution in [0.2, 0.25) is 5.15 Å². The highest BCUT2D eigenvalue weighted by molar-refractivity contribution is 6.29. The van der Waals surface area contributed by atoms with Gasteiger partial charge < -0.3 is 10.3 Å². The fourth-order valence-electron chi connectivity index (χ4n) is 1.14. The molecule has 0 fully saturated rings. The van der Waals surface area contributed by atoms with E-state index < -0.39 is 5.91 Å². The molecule has 0 aliphatic heterocycles. The molecule has 2 N–H and O–H groups in total. The number of hydrogen-bond donors (Lipinski definition) is 2. The number of nitrogens with one attached hydrogen (secondary N) is 2. The number of aromatic nitrogens is 3. The second-order valence-corrected chi connectivity index (χ2v) is 3.51. The van der Waals surface area contributed by atoms with Crippen LogP contribution in [0.4, 0.5) is 5.82 Å². The number of rotatable bonds is 2.